The summed E-state index contributed by atoms with van der Waals surface area (Å²) >= 11 is 0. The molecule has 0 radical (unpaired) electrons. The van der Waals surface area contributed by atoms with Gasteiger partial charge in [-0.2, -0.15) is 0 Å². The van der Waals surface area contributed by atoms with Crippen LogP contribution in [0.25, 0.3) is 0 Å². The molecule has 16 heavy (non-hydrogen) atoms. The van der Waals surface area contributed by atoms with Crippen LogP contribution >= 0.6 is 0 Å². The van der Waals surface area contributed by atoms with Crippen LogP contribution in [0.2, 0.25) is 0 Å². The van der Waals surface area contributed by atoms with Gasteiger partial charge in [0.1, 0.15) is 0 Å². The predicted molar refractivity (Wildman–Crippen MR) is 69.6 cm³/mol. The summed E-state index contributed by atoms with van der Waals surface area (Å²) in [6.07, 6.45) is 2.79. The van der Waals surface area contributed by atoms with Gasteiger partial charge in [-0.15, -0.1) is 0 Å². The van der Waals surface area contributed by atoms with Gasteiger partial charge in [0.05, 0.1) is 0 Å². The molecule has 2 aliphatic rings. The van der Waals surface area contributed by atoms with Crippen molar-refractivity contribution in [1.29, 1.82) is 0 Å². The summed E-state index contributed by atoms with van der Waals surface area (Å²) in [7, 11) is 0. The van der Waals surface area contributed by atoms with Crippen LogP contribution in [0.4, 0.5) is 0 Å². The Morgan fingerprint density at radius 1 is 1.31 bits per heavy atom. The van der Waals surface area contributed by atoms with E-state index in [-0.39, 0.29) is 0 Å². The Hall–Kier alpha value is -0.0800. The van der Waals surface area contributed by atoms with Crippen LogP contribution in [0.15, 0.2) is 0 Å². The fourth-order valence-corrected chi connectivity index (χ4v) is 3.73. The largest absolute Gasteiger partial charge is 0.314 e. The molecular formula is C14H28N2. The number of likely N-dealkylation sites (tertiary alicyclic amines) is 1. The van der Waals surface area contributed by atoms with Crippen molar-refractivity contribution in [2.45, 2.75) is 78.0 Å². The number of nitrogens with zero attached hydrogens (tertiary/aromatic N) is 1. The molecule has 94 valence electrons. The molecule has 0 unspecified atom stereocenters. The van der Waals surface area contributed by atoms with Gasteiger partial charge >= 0.3 is 0 Å². The second-order valence-electron chi connectivity index (χ2n) is 7.25. The second kappa shape index (κ2) is 3.71. The van der Waals surface area contributed by atoms with Crippen molar-refractivity contribution < 1.29 is 0 Å². The summed E-state index contributed by atoms with van der Waals surface area (Å²) in [6.45, 7) is 15.2. The van der Waals surface area contributed by atoms with E-state index in [0.717, 1.165) is 12.1 Å². The molecule has 0 aromatic heterocycles. The highest BCUT2D eigenvalue weighted by Crippen LogP contribution is 2.60. The number of hydrogen-bond donors (Lipinski definition) is 1. The molecule has 2 heteroatoms. The molecule has 0 spiro atoms. The van der Waals surface area contributed by atoms with Gasteiger partial charge in [0.2, 0.25) is 0 Å². The van der Waals surface area contributed by atoms with E-state index in [1.165, 1.54) is 19.4 Å². The lowest BCUT2D eigenvalue weighted by Gasteiger charge is -2.37. The zero-order chi connectivity index (χ0) is 12.1. The lowest BCUT2D eigenvalue weighted by atomic mass is 9.99. The highest BCUT2D eigenvalue weighted by molar-refractivity contribution is 5.19. The van der Waals surface area contributed by atoms with Gasteiger partial charge in [-0.25, -0.2) is 0 Å². The minimum absolute atomic E-state index is 0.333. The van der Waals surface area contributed by atoms with Crippen molar-refractivity contribution in [3.8, 4) is 0 Å². The third kappa shape index (κ3) is 2.02. The number of hydrogen-bond acceptors (Lipinski definition) is 2. The standard InChI is InChI=1S/C14H28N2/c1-10(2)15-9-14-7-11(3)16(12(14)8-14)13(4,5)6/h10-12,15H,7-9H2,1-6H3/t11-,12-,14+/m1/s1. The predicted octanol–water partition coefficient (Wildman–Crippen LogP) is 2.64. The van der Waals surface area contributed by atoms with Crippen molar-refractivity contribution >= 4 is 0 Å². The minimum Gasteiger partial charge on any atom is -0.314 e. The van der Waals surface area contributed by atoms with E-state index in [1.807, 2.05) is 0 Å². The Morgan fingerprint density at radius 2 is 1.94 bits per heavy atom. The normalized spacial score (nSPS) is 39.2. The van der Waals surface area contributed by atoms with E-state index >= 15 is 0 Å². The van der Waals surface area contributed by atoms with Crippen molar-refractivity contribution in [1.82, 2.24) is 10.2 Å². The van der Waals surface area contributed by atoms with E-state index in [2.05, 4.69) is 51.8 Å². The Morgan fingerprint density at radius 3 is 2.38 bits per heavy atom. The number of piperidine rings is 1. The fraction of sp³-hybridized carbons (Fsp3) is 1.00. The maximum atomic E-state index is 3.64. The first-order valence-electron chi connectivity index (χ1n) is 6.78. The van der Waals surface area contributed by atoms with Gasteiger partial charge < -0.3 is 5.32 Å². The first kappa shape index (κ1) is 12.4. The van der Waals surface area contributed by atoms with Crippen LogP contribution in [-0.2, 0) is 0 Å². The van der Waals surface area contributed by atoms with Gasteiger partial charge in [-0.1, -0.05) is 13.8 Å². The van der Waals surface area contributed by atoms with E-state index in [9.17, 15) is 0 Å². The third-order valence-corrected chi connectivity index (χ3v) is 4.30. The molecule has 1 aliphatic heterocycles. The summed E-state index contributed by atoms with van der Waals surface area (Å²) in [5.74, 6) is 0. The molecule has 0 aromatic carbocycles. The third-order valence-electron chi connectivity index (χ3n) is 4.30. The molecule has 2 rings (SSSR count). The zero-order valence-corrected chi connectivity index (χ0v) is 11.8. The first-order chi connectivity index (χ1) is 7.26. The average Bonchev–Trinajstić information content (AvgIpc) is 2.67. The monoisotopic (exact) mass is 224 g/mol. The molecule has 0 aromatic rings. The molecule has 1 saturated heterocycles. The fourth-order valence-electron chi connectivity index (χ4n) is 3.73. The van der Waals surface area contributed by atoms with Gasteiger partial charge in [-0.05, 0) is 40.5 Å². The molecular weight excluding hydrogens is 196 g/mol. The summed E-state index contributed by atoms with van der Waals surface area (Å²) in [4.78, 5) is 2.75. The molecule has 1 aliphatic carbocycles. The lowest BCUT2D eigenvalue weighted by molar-refractivity contribution is 0.104. The second-order valence-corrected chi connectivity index (χ2v) is 7.25. The smallest absolute Gasteiger partial charge is 0.0179 e. The van der Waals surface area contributed by atoms with E-state index in [4.69, 9.17) is 0 Å². The summed E-state index contributed by atoms with van der Waals surface area (Å²) < 4.78 is 0. The van der Waals surface area contributed by atoms with Gasteiger partial charge in [0.15, 0.2) is 0 Å². The van der Waals surface area contributed by atoms with Gasteiger partial charge in [0, 0.05) is 35.6 Å². The van der Waals surface area contributed by atoms with E-state index in [0.29, 0.717) is 17.0 Å². The van der Waals surface area contributed by atoms with Crippen LogP contribution in [0, 0.1) is 5.41 Å². The van der Waals surface area contributed by atoms with Crippen molar-refractivity contribution in [3.63, 3.8) is 0 Å². The minimum atomic E-state index is 0.333. The highest BCUT2D eigenvalue weighted by Gasteiger charge is 2.64. The summed E-state index contributed by atoms with van der Waals surface area (Å²) in [5.41, 5.74) is 0.942. The van der Waals surface area contributed by atoms with Crippen LogP contribution in [0.1, 0.15) is 54.4 Å². The molecule has 2 nitrogen and oxygen atoms in total. The molecule has 3 atom stereocenters. The Balaban J connectivity index is 2.00. The molecule has 2 fully saturated rings. The van der Waals surface area contributed by atoms with Crippen molar-refractivity contribution in [2.75, 3.05) is 6.54 Å². The molecule has 1 heterocycles. The van der Waals surface area contributed by atoms with Crippen molar-refractivity contribution in [2.24, 2.45) is 5.41 Å². The summed E-state index contributed by atoms with van der Waals surface area (Å²) in [6, 6.07) is 2.22. The quantitative estimate of drug-likeness (QED) is 0.793. The SMILES string of the molecule is CC(C)NC[C@@]12C[C@@H](C)N(C(C)(C)C)[C@@H]1C2. The Labute approximate surface area is 101 Å². The van der Waals surface area contributed by atoms with Crippen LogP contribution in [-0.4, -0.2) is 35.1 Å². The molecule has 1 N–H and O–H groups in total. The van der Waals surface area contributed by atoms with E-state index < -0.39 is 0 Å². The molecule has 0 bridgehead atoms. The maximum Gasteiger partial charge on any atom is 0.0179 e. The maximum absolute atomic E-state index is 3.64. The zero-order valence-electron chi connectivity index (χ0n) is 11.8. The van der Waals surface area contributed by atoms with E-state index in [1.54, 1.807) is 0 Å². The average molecular weight is 224 g/mol. The Kier molecular flexibility index (Phi) is 2.87. The van der Waals surface area contributed by atoms with Crippen molar-refractivity contribution in [3.05, 3.63) is 0 Å². The summed E-state index contributed by atoms with van der Waals surface area (Å²) in [5, 5.41) is 3.64. The highest BCUT2D eigenvalue weighted by atomic mass is 15.3. The topological polar surface area (TPSA) is 15.3 Å². The molecule has 0 amide bonds. The van der Waals surface area contributed by atoms with Crippen LogP contribution in [0.5, 0.6) is 0 Å². The first-order valence-corrected chi connectivity index (χ1v) is 6.78. The van der Waals surface area contributed by atoms with Crippen LogP contribution in [0.3, 0.4) is 0 Å². The van der Waals surface area contributed by atoms with Gasteiger partial charge in [-0.3, -0.25) is 4.90 Å². The number of fused-ring (bicyclic) bond motifs is 1. The van der Waals surface area contributed by atoms with Gasteiger partial charge in [0.25, 0.3) is 0 Å². The molecule has 1 saturated carbocycles. The lowest BCUT2D eigenvalue weighted by Crippen LogP contribution is -2.45. The Bertz CT molecular complexity index is 266. The number of rotatable bonds is 3. The van der Waals surface area contributed by atoms with Crippen LogP contribution < -0.4 is 5.32 Å². The number of nitrogens with one attached hydrogen (secondary N) is 1.